The molecular formula is C15H16N2O4. The van der Waals surface area contributed by atoms with Crippen molar-refractivity contribution in [2.24, 2.45) is 5.92 Å². The number of pyridine rings is 1. The number of benzene rings is 1. The Morgan fingerprint density at radius 2 is 2.19 bits per heavy atom. The van der Waals surface area contributed by atoms with E-state index in [1.807, 2.05) is 13.8 Å². The molecule has 0 aliphatic heterocycles. The molecular weight excluding hydrogens is 272 g/mol. The van der Waals surface area contributed by atoms with Crippen LogP contribution in [0.2, 0.25) is 0 Å². The molecule has 0 amide bonds. The molecule has 0 saturated carbocycles. The fourth-order valence-corrected chi connectivity index (χ4v) is 1.93. The quantitative estimate of drug-likeness (QED) is 0.602. The number of hydrogen-bond donors (Lipinski definition) is 0. The number of rotatable bonds is 6. The Bertz CT molecular complexity index is 684. The van der Waals surface area contributed by atoms with Crippen LogP contribution in [0.3, 0.4) is 0 Å². The highest BCUT2D eigenvalue weighted by molar-refractivity contribution is 5.92. The average molecular weight is 288 g/mol. The Morgan fingerprint density at radius 1 is 1.43 bits per heavy atom. The van der Waals surface area contributed by atoms with E-state index < -0.39 is 4.92 Å². The normalized spacial score (nSPS) is 12.1. The number of carbonyl (C=O) groups excluding carboxylic acids is 1. The molecule has 6 heteroatoms. The minimum Gasteiger partial charge on any atom is -0.484 e. The number of nitrogens with zero attached hydrogens (tertiary/aromatic N) is 2. The van der Waals surface area contributed by atoms with Crippen LogP contribution in [0, 0.1) is 16.0 Å². The Hall–Kier alpha value is -2.50. The summed E-state index contributed by atoms with van der Waals surface area (Å²) >= 11 is 0. The number of ketones is 1. The first-order valence-electron chi connectivity index (χ1n) is 6.72. The highest BCUT2D eigenvalue weighted by Crippen LogP contribution is 2.31. The number of Topliss-reactive ketones (excluding diaryl/α,β-unsaturated/α-hetero) is 1. The molecule has 0 saturated heterocycles. The largest absolute Gasteiger partial charge is 0.484 e. The second kappa shape index (κ2) is 6.30. The molecule has 1 aromatic carbocycles. The molecule has 1 aromatic heterocycles. The molecule has 2 rings (SSSR count). The molecule has 21 heavy (non-hydrogen) atoms. The molecule has 1 heterocycles. The van der Waals surface area contributed by atoms with Crippen LogP contribution >= 0.6 is 0 Å². The van der Waals surface area contributed by atoms with Gasteiger partial charge >= 0.3 is 0 Å². The van der Waals surface area contributed by atoms with Crippen LogP contribution in [0.25, 0.3) is 10.9 Å². The molecule has 6 nitrogen and oxygen atoms in total. The van der Waals surface area contributed by atoms with Gasteiger partial charge < -0.3 is 4.74 Å². The monoisotopic (exact) mass is 288 g/mol. The minimum absolute atomic E-state index is 0.0000612. The first-order chi connectivity index (χ1) is 10.0. The Kier molecular flexibility index (Phi) is 4.47. The lowest BCUT2D eigenvalue weighted by molar-refractivity contribution is -0.383. The lowest BCUT2D eigenvalue weighted by atomic mass is 10.0. The molecule has 1 atom stereocenters. The van der Waals surface area contributed by atoms with E-state index in [1.54, 1.807) is 12.1 Å². The van der Waals surface area contributed by atoms with Crippen LogP contribution < -0.4 is 4.74 Å². The van der Waals surface area contributed by atoms with Crippen LogP contribution in [-0.4, -0.2) is 22.3 Å². The smallest absolute Gasteiger partial charge is 0.279 e. The third kappa shape index (κ3) is 3.16. The minimum atomic E-state index is -0.460. The summed E-state index contributed by atoms with van der Waals surface area (Å²) < 4.78 is 5.50. The fourth-order valence-electron chi connectivity index (χ4n) is 1.93. The first-order valence-corrected chi connectivity index (χ1v) is 6.72. The summed E-state index contributed by atoms with van der Waals surface area (Å²) in [5.41, 5.74) is 0.363. The van der Waals surface area contributed by atoms with Crippen molar-refractivity contribution in [1.29, 1.82) is 0 Å². The van der Waals surface area contributed by atoms with E-state index in [0.29, 0.717) is 16.7 Å². The third-order valence-electron chi connectivity index (χ3n) is 3.44. The van der Waals surface area contributed by atoms with Crippen molar-refractivity contribution in [3.63, 3.8) is 0 Å². The highest BCUT2D eigenvalue weighted by atomic mass is 16.6. The number of hydrogen-bond acceptors (Lipinski definition) is 5. The summed E-state index contributed by atoms with van der Waals surface area (Å²) in [5.74, 6) is 0.315. The van der Waals surface area contributed by atoms with Gasteiger partial charge in [-0.15, -0.1) is 0 Å². The van der Waals surface area contributed by atoms with Gasteiger partial charge in [-0.25, -0.2) is 0 Å². The maximum Gasteiger partial charge on any atom is 0.279 e. The van der Waals surface area contributed by atoms with Crippen LogP contribution in [-0.2, 0) is 4.79 Å². The van der Waals surface area contributed by atoms with Crippen molar-refractivity contribution in [3.8, 4) is 5.75 Å². The average Bonchev–Trinajstić information content (AvgIpc) is 2.51. The summed E-state index contributed by atoms with van der Waals surface area (Å²) in [6.45, 7) is 3.72. The van der Waals surface area contributed by atoms with Crippen molar-refractivity contribution in [2.75, 3.05) is 6.61 Å². The molecule has 2 aromatic rings. The molecule has 0 N–H and O–H groups in total. The van der Waals surface area contributed by atoms with Gasteiger partial charge in [0.25, 0.3) is 5.69 Å². The van der Waals surface area contributed by atoms with E-state index in [1.165, 1.54) is 18.3 Å². The zero-order valence-electron chi connectivity index (χ0n) is 11.9. The van der Waals surface area contributed by atoms with Gasteiger partial charge in [-0.3, -0.25) is 19.9 Å². The van der Waals surface area contributed by atoms with Gasteiger partial charge in [0, 0.05) is 18.2 Å². The molecule has 0 fully saturated rings. The summed E-state index contributed by atoms with van der Waals surface area (Å²) in [4.78, 5) is 26.5. The summed E-state index contributed by atoms with van der Waals surface area (Å²) in [6.07, 6.45) is 2.29. The fraction of sp³-hybridized carbons (Fsp3) is 0.333. The molecule has 0 aliphatic carbocycles. The molecule has 0 bridgehead atoms. The van der Waals surface area contributed by atoms with E-state index in [4.69, 9.17) is 4.74 Å². The standard InChI is InChI=1S/C15H16N2O4/c1-3-10(2)13(18)9-21-14-7-6-12(17(19)20)11-5-4-8-16-15(11)14/h4-8,10H,3,9H2,1-2H3. The Labute approximate surface area is 121 Å². The number of non-ortho nitro benzene ring substituents is 1. The number of carbonyl (C=O) groups is 1. The Balaban J connectivity index is 2.32. The van der Waals surface area contributed by atoms with E-state index >= 15 is 0 Å². The summed E-state index contributed by atoms with van der Waals surface area (Å²) in [7, 11) is 0. The first kappa shape index (κ1) is 14.9. The maximum absolute atomic E-state index is 11.8. The van der Waals surface area contributed by atoms with E-state index in [0.717, 1.165) is 6.42 Å². The van der Waals surface area contributed by atoms with Crippen molar-refractivity contribution < 1.29 is 14.5 Å². The van der Waals surface area contributed by atoms with Gasteiger partial charge in [-0.1, -0.05) is 13.8 Å². The molecule has 0 aliphatic rings. The number of aromatic nitrogens is 1. The zero-order valence-corrected chi connectivity index (χ0v) is 11.9. The molecule has 110 valence electrons. The topological polar surface area (TPSA) is 82.3 Å². The van der Waals surface area contributed by atoms with Crippen molar-refractivity contribution >= 4 is 22.4 Å². The van der Waals surface area contributed by atoms with E-state index in [-0.39, 0.29) is 24.0 Å². The lowest BCUT2D eigenvalue weighted by Crippen LogP contribution is -2.18. The molecule has 0 spiro atoms. The van der Waals surface area contributed by atoms with Crippen LogP contribution in [0.1, 0.15) is 20.3 Å². The van der Waals surface area contributed by atoms with Crippen LogP contribution in [0.5, 0.6) is 5.75 Å². The Morgan fingerprint density at radius 3 is 2.86 bits per heavy atom. The third-order valence-corrected chi connectivity index (χ3v) is 3.44. The predicted octanol–water partition coefficient (Wildman–Crippen LogP) is 3.14. The van der Waals surface area contributed by atoms with Gasteiger partial charge in [0.15, 0.2) is 5.78 Å². The number of fused-ring (bicyclic) bond motifs is 1. The van der Waals surface area contributed by atoms with Crippen molar-refractivity contribution in [3.05, 3.63) is 40.6 Å². The van der Waals surface area contributed by atoms with Crippen LogP contribution in [0.15, 0.2) is 30.5 Å². The van der Waals surface area contributed by atoms with Crippen molar-refractivity contribution in [1.82, 2.24) is 4.98 Å². The summed E-state index contributed by atoms with van der Waals surface area (Å²) in [6, 6.07) is 6.09. The maximum atomic E-state index is 11.8. The van der Waals surface area contributed by atoms with Gasteiger partial charge in [-0.2, -0.15) is 0 Å². The predicted molar refractivity (Wildman–Crippen MR) is 78.4 cm³/mol. The van der Waals surface area contributed by atoms with Gasteiger partial charge in [0.05, 0.1) is 10.3 Å². The zero-order chi connectivity index (χ0) is 15.4. The highest BCUT2D eigenvalue weighted by Gasteiger charge is 2.17. The number of ether oxygens (including phenoxy) is 1. The van der Waals surface area contributed by atoms with Gasteiger partial charge in [0.2, 0.25) is 0 Å². The second-order valence-electron chi connectivity index (χ2n) is 4.80. The van der Waals surface area contributed by atoms with E-state index in [2.05, 4.69) is 4.98 Å². The van der Waals surface area contributed by atoms with E-state index in [9.17, 15) is 14.9 Å². The second-order valence-corrected chi connectivity index (χ2v) is 4.80. The summed E-state index contributed by atoms with van der Waals surface area (Å²) in [5, 5.41) is 11.4. The van der Waals surface area contributed by atoms with Crippen LogP contribution in [0.4, 0.5) is 5.69 Å². The molecule has 1 unspecified atom stereocenters. The van der Waals surface area contributed by atoms with Gasteiger partial charge in [0.1, 0.15) is 17.9 Å². The van der Waals surface area contributed by atoms with Gasteiger partial charge in [-0.05, 0) is 24.6 Å². The number of nitro groups is 1. The SMILES string of the molecule is CCC(C)C(=O)COc1ccc([N+](=O)[O-])c2cccnc12. The number of nitro benzene ring substituents is 1. The molecule has 0 radical (unpaired) electrons. The lowest BCUT2D eigenvalue weighted by Gasteiger charge is -2.11. The van der Waals surface area contributed by atoms with Crippen molar-refractivity contribution in [2.45, 2.75) is 20.3 Å².